The molecule has 2 rings (SSSR count). The van der Waals surface area contributed by atoms with Crippen LogP contribution >= 0.6 is 0 Å². The molecule has 0 aliphatic heterocycles. The zero-order valence-corrected chi connectivity index (χ0v) is 6.91. The summed E-state index contributed by atoms with van der Waals surface area (Å²) in [5, 5.41) is 8.84. The number of Topliss-reactive ketones (excluding diaryl/α,β-unsaturated/α-hetero) is 1. The van der Waals surface area contributed by atoms with Gasteiger partial charge < -0.3 is 10.1 Å². The predicted octanol–water partition coefficient (Wildman–Crippen LogP) is 1.06. The molecule has 68 valence electrons. The van der Waals surface area contributed by atoms with Gasteiger partial charge in [0.2, 0.25) is 0 Å². The van der Waals surface area contributed by atoms with Crippen LogP contribution in [0.15, 0.2) is 18.5 Å². The summed E-state index contributed by atoms with van der Waals surface area (Å²) < 4.78 is 0. The number of ketones is 1. The smallest absolute Gasteiger partial charge is 0.317 e. The normalized spacial score (nSPS) is 18.2. The first-order chi connectivity index (χ1) is 6.17. The van der Waals surface area contributed by atoms with Gasteiger partial charge in [0.05, 0.1) is 0 Å². The Kier molecular flexibility index (Phi) is 1.52. The molecule has 1 aliphatic carbocycles. The molecule has 0 atom stereocenters. The fourth-order valence-electron chi connectivity index (χ4n) is 1.40. The van der Waals surface area contributed by atoms with Crippen molar-refractivity contribution >= 4 is 11.8 Å². The monoisotopic (exact) mass is 179 g/mol. The summed E-state index contributed by atoms with van der Waals surface area (Å²) in [6.45, 7) is 0. The van der Waals surface area contributed by atoms with Crippen molar-refractivity contribution in [3.05, 3.63) is 24.0 Å². The SMILES string of the molecule is O=C(O)C1(C(=O)c2cc[nH]c2)CC1. The summed E-state index contributed by atoms with van der Waals surface area (Å²) in [7, 11) is 0. The molecule has 1 aromatic rings. The van der Waals surface area contributed by atoms with E-state index >= 15 is 0 Å². The lowest BCUT2D eigenvalue weighted by molar-refractivity contribution is -0.141. The maximum absolute atomic E-state index is 11.6. The van der Waals surface area contributed by atoms with Crippen LogP contribution in [0.5, 0.6) is 0 Å². The average Bonchev–Trinajstić information content (AvgIpc) is 2.74. The van der Waals surface area contributed by atoms with Crippen molar-refractivity contribution in [2.24, 2.45) is 5.41 Å². The molecule has 2 N–H and O–H groups in total. The summed E-state index contributed by atoms with van der Waals surface area (Å²) >= 11 is 0. The number of carboxylic acids is 1. The molecule has 13 heavy (non-hydrogen) atoms. The van der Waals surface area contributed by atoms with Crippen molar-refractivity contribution in [3.8, 4) is 0 Å². The second-order valence-corrected chi connectivity index (χ2v) is 3.32. The molecule has 1 aliphatic rings. The third-order valence-electron chi connectivity index (χ3n) is 2.45. The van der Waals surface area contributed by atoms with Crippen molar-refractivity contribution in [2.45, 2.75) is 12.8 Å². The molecule has 1 heterocycles. The number of rotatable bonds is 3. The van der Waals surface area contributed by atoms with Gasteiger partial charge in [0.25, 0.3) is 0 Å². The number of H-pyrrole nitrogens is 1. The summed E-state index contributed by atoms with van der Waals surface area (Å²) in [4.78, 5) is 25.2. The second-order valence-electron chi connectivity index (χ2n) is 3.32. The molecule has 0 saturated heterocycles. The Morgan fingerprint density at radius 1 is 1.46 bits per heavy atom. The fourth-order valence-corrected chi connectivity index (χ4v) is 1.40. The van der Waals surface area contributed by atoms with E-state index in [2.05, 4.69) is 4.98 Å². The van der Waals surface area contributed by atoms with Gasteiger partial charge in [-0.3, -0.25) is 9.59 Å². The van der Waals surface area contributed by atoms with Crippen LogP contribution in [0.25, 0.3) is 0 Å². The topological polar surface area (TPSA) is 70.2 Å². The number of aliphatic carboxylic acids is 1. The van der Waals surface area contributed by atoms with Crippen LogP contribution in [-0.2, 0) is 4.79 Å². The van der Waals surface area contributed by atoms with Gasteiger partial charge in [0.15, 0.2) is 5.78 Å². The highest BCUT2D eigenvalue weighted by atomic mass is 16.4. The minimum absolute atomic E-state index is 0.277. The van der Waals surface area contributed by atoms with Crippen LogP contribution in [0.1, 0.15) is 23.2 Å². The molecule has 1 aromatic heterocycles. The number of hydrogen-bond donors (Lipinski definition) is 2. The van der Waals surface area contributed by atoms with Gasteiger partial charge in [-0.05, 0) is 18.9 Å². The Balaban J connectivity index is 2.28. The summed E-state index contributed by atoms with van der Waals surface area (Å²) in [5.74, 6) is -1.28. The zero-order chi connectivity index (χ0) is 9.47. The molecule has 1 fully saturated rings. The number of carbonyl (C=O) groups excluding carboxylic acids is 1. The maximum atomic E-state index is 11.6. The number of carbonyl (C=O) groups is 2. The minimum atomic E-state index is -1.11. The first kappa shape index (κ1) is 8.04. The van der Waals surface area contributed by atoms with Crippen molar-refractivity contribution in [1.82, 2.24) is 4.98 Å². The molecule has 1 saturated carbocycles. The van der Waals surface area contributed by atoms with Crippen LogP contribution in [0.2, 0.25) is 0 Å². The van der Waals surface area contributed by atoms with Crippen LogP contribution in [0.4, 0.5) is 0 Å². The maximum Gasteiger partial charge on any atom is 0.317 e. The van der Waals surface area contributed by atoms with Gasteiger partial charge in [-0.25, -0.2) is 0 Å². The van der Waals surface area contributed by atoms with Gasteiger partial charge >= 0.3 is 5.97 Å². The fraction of sp³-hybridized carbons (Fsp3) is 0.333. The first-order valence-corrected chi connectivity index (χ1v) is 4.08. The lowest BCUT2D eigenvalue weighted by atomic mass is 9.97. The number of aromatic amines is 1. The summed E-state index contributed by atoms with van der Waals surface area (Å²) in [5.41, 5.74) is -0.651. The molecule has 0 spiro atoms. The highest BCUT2D eigenvalue weighted by Crippen LogP contribution is 2.48. The van der Waals surface area contributed by atoms with E-state index in [4.69, 9.17) is 5.11 Å². The highest BCUT2D eigenvalue weighted by Gasteiger charge is 2.56. The third-order valence-corrected chi connectivity index (χ3v) is 2.45. The average molecular weight is 179 g/mol. The molecule has 0 aromatic carbocycles. The van der Waals surface area contributed by atoms with E-state index in [-0.39, 0.29) is 5.78 Å². The van der Waals surface area contributed by atoms with Gasteiger partial charge in [-0.2, -0.15) is 0 Å². The van der Waals surface area contributed by atoms with Crippen molar-refractivity contribution in [1.29, 1.82) is 0 Å². The van der Waals surface area contributed by atoms with Gasteiger partial charge in [-0.15, -0.1) is 0 Å². The standard InChI is InChI=1S/C9H9NO3/c11-7(6-1-4-10-5-6)9(2-3-9)8(12)13/h1,4-5,10H,2-3H2,(H,12,13). The van der Waals surface area contributed by atoms with E-state index in [1.54, 1.807) is 12.3 Å². The van der Waals surface area contributed by atoms with E-state index < -0.39 is 11.4 Å². The highest BCUT2D eigenvalue weighted by molar-refractivity contribution is 6.14. The summed E-state index contributed by atoms with van der Waals surface area (Å²) in [6, 6.07) is 1.60. The van der Waals surface area contributed by atoms with Crippen LogP contribution < -0.4 is 0 Å². The van der Waals surface area contributed by atoms with Gasteiger partial charge in [-0.1, -0.05) is 0 Å². The lowest BCUT2D eigenvalue weighted by Crippen LogP contribution is -2.25. The largest absolute Gasteiger partial charge is 0.480 e. The Hall–Kier alpha value is -1.58. The van der Waals surface area contributed by atoms with E-state index in [0.29, 0.717) is 18.4 Å². The van der Waals surface area contributed by atoms with Crippen molar-refractivity contribution in [2.75, 3.05) is 0 Å². The number of aromatic nitrogens is 1. The molecular weight excluding hydrogens is 170 g/mol. The third kappa shape index (κ3) is 1.06. The molecule has 4 heteroatoms. The quantitative estimate of drug-likeness (QED) is 0.538. The van der Waals surface area contributed by atoms with E-state index in [0.717, 1.165) is 0 Å². The molecule has 0 bridgehead atoms. The first-order valence-electron chi connectivity index (χ1n) is 4.08. The van der Waals surface area contributed by atoms with Crippen molar-refractivity contribution < 1.29 is 14.7 Å². The van der Waals surface area contributed by atoms with Crippen LogP contribution in [0, 0.1) is 5.41 Å². The number of carboxylic acid groups (broad SMARTS) is 1. The number of nitrogens with one attached hydrogen (secondary N) is 1. The zero-order valence-electron chi connectivity index (χ0n) is 6.91. The van der Waals surface area contributed by atoms with E-state index in [1.165, 1.54) is 6.20 Å². The number of hydrogen-bond acceptors (Lipinski definition) is 2. The Bertz CT molecular complexity index is 349. The Morgan fingerprint density at radius 2 is 2.15 bits per heavy atom. The van der Waals surface area contributed by atoms with Crippen LogP contribution in [0.3, 0.4) is 0 Å². The van der Waals surface area contributed by atoms with Crippen LogP contribution in [-0.4, -0.2) is 21.8 Å². The summed E-state index contributed by atoms with van der Waals surface area (Å²) in [6.07, 6.45) is 4.08. The molecule has 0 radical (unpaired) electrons. The molecule has 0 amide bonds. The Labute approximate surface area is 74.6 Å². The Morgan fingerprint density at radius 3 is 2.54 bits per heavy atom. The van der Waals surface area contributed by atoms with Gasteiger partial charge in [0.1, 0.15) is 5.41 Å². The van der Waals surface area contributed by atoms with Crippen molar-refractivity contribution in [3.63, 3.8) is 0 Å². The second kappa shape index (κ2) is 2.45. The molecular formula is C9H9NO3. The van der Waals surface area contributed by atoms with E-state index in [1.807, 2.05) is 0 Å². The molecule has 0 unspecified atom stereocenters. The van der Waals surface area contributed by atoms with E-state index in [9.17, 15) is 9.59 Å². The predicted molar refractivity (Wildman–Crippen MR) is 44.4 cm³/mol. The molecule has 4 nitrogen and oxygen atoms in total. The van der Waals surface area contributed by atoms with Gasteiger partial charge in [0, 0.05) is 18.0 Å². The lowest BCUT2D eigenvalue weighted by Gasteiger charge is -2.05. The minimum Gasteiger partial charge on any atom is -0.480 e.